The van der Waals surface area contributed by atoms with Crippen LogP contribution in [-0.4, -0.2) is 0 Å². The van der Waals surface area contributed by atoms with Gasteiger partial charge in [-0.2, -0.15) is 13.2 Å². The van der Waals surface area contributed by atoms with Crippen molar-refractivity contribution in [3.63, 3.8) is 0 Å². The molecule has 118 valence electrons. The van der Waals surface area contributed by atoms with E-state index in [0.29, 0.717) is 16.1 Å². The third kappa shape index (κ3) is 3.27. The summed E-state index contributed by atoms with van der Waals surface area (Å²) in [5.74, 6) is -0.0213. The van der Waals surface area contributed by atoms with Crippen LogP contribution in [0.25, 0.3) is 22.6 Å². The summed E-state index contributed by atoms with van der Waals surface area (Å²) in [6, 6.07) is 14.2. The first-order valence-electron chi connectivity index (χ1n) is 6.88. The van der Waals surface area contributed by atoms with Crippen molar-refractivity contribution >= 4 is 11.6 Å². The summed E-state index contributed by atoms with van der Waals surface area (Å²) < 4.78 is 45.5. The number of hydrogen-bond acceptors (Lipinski definition) is 1. The maximum absolute atomic E-state index is 13.3. The highest BCUT2D eigenvalue weighted by molar-refractivity contribution is 6.30. The van der Waals surface area contributed by atoms with Crippen LogP contribution < -0.4 is 0 Å². The Kier molecular flexibility index (Phi) is 3.94. The molecule has 1 aromatic heterocycles. The molecule has 23 heavy (non-hydrogen) atoms. The van der Waals surface area contributed by atoms with Crippen LogP contribution >= 0.6 is 11.6 Å². The summed E-state index contributed by atoms with van der Waals surface area (Å²) in [7, 11) is 0. The van der Waals surface area contributed by atoms with Gasteiger partial charge in [-0.25, -0.2) is 0 Å². The zero-order valence-electron chi connectivity index (χ0n) is 12.1. The first kappa shape index (κ1) is 15.7. The molecule has 3 aromatic rings. The fourth-order valence-corrected chi connectivity index (χ4v) is 2.40. The predicted molar refractivity (Wildman–Crippen MR) is 84.3 cm³/mol. The Morgan fingerprint density at radius 3 is 2.00 bits per heavy atom. The highest BCUT2D eigenvalue weighted by atomic mass is 35.5. The second kappa shape index (κ2) is 5.78. The topological polar surface area (TPSA) is 13.1 Å². The molecule has 0 saturated heterocycles. The molecular weight excluding hydrogens is 325 g/mol. The lowest BCUT2D eigenvalue weighted by molar-refractivity contribution is -0.137. The van der Waals surface area contributed by atoms with Crippen molar-refractivity contribution in [1.29, 1.82) is 0 Å². The van der Waals surface area contributed by atoms with Gasteiger partial charge in [-0.3, -0.25) is 0 Å². The first-order valence-corrected chi connectivity index (χ1v) is 7.26. The maximum atomic E-state index is 13.3. The molecule has 0 aliphatic heterocycles. The summed E-state index contributed by atoms with van der Waals surface area (Å²) in [6.45, 7) is 1.87. The van der Waals surface area contributed by atoms with Gasteiger partial charge >= 0.3 is 6.18 Å². The van der Waals surface area contributed by atoms with E-state index in [1.54, 1.807) is 48.5 Å². The standard InChI is InChI=1S/C18H12ClF3O/c1-11-2-4-13(5-3-11)17-15(18(20,21)22)10-16(23-17)12-6-8-14(19)9-7-12/h2-10H,1H3. The van der Waals surface area contributed by atoms with Gasteiger partial charge in [0.15, 0.2) is 0 Å². The molecule has 1 heterocycles. The smallest absolute Gasteiger partial charge is 0.420 e. The van der Waals surface area contributed by atoms with Crippen LogP contribution in [0, 0.1) is 6.92 Å². The zero-order valence-corrected chi connectivity index (χ0v) is 12.9. The van der Waals surface area contributed by atoms with Crippen LogP contribution in [-0.2, 0) is 6.18 Å². The average molecular weight is 337 g/mol. The van der Waals surface area contributed by atoms with Gasteiger partial charge in [0.2, 0.25) is 0 Å². The molecule has 0 fully saturated rings. The monoisotopic (exact) mass is 336 g/mol. The van der Waals surface area contributed by atoms with E-state index in [1.165, 1.54) is 0 Å². The zero-order chi connectivity index (χ0) is 16.6. The molecule has 0 unspecified atom stereocenters. The largest absolute Gasteiger partial charge is 0.455 e. The maximum Gasteiger partial charge on any atom is 0.420 e. The van der Waals surface area contributed by atoms with Gasteiger partial charge in [0.25, 0.3) is 0 Å². The molecule has 0 atom stereocenters. The Bertz CT molecular complexity index is 815. The van der Waals surface area contributed by atoms with Crippen molar-refractivity contribution in [2.75, 3.05) is 0 Å². The van der Waals surface area contributed by atoms with Gasteiger partial charge in [-0.05, 0) is 37.3 Å². The van der Waals surface area contributed by atoms with E-state index in [4.69, 9.17) is 16.0 Å². The minimum Gasteiger partial charge on any atom is -0.455 e. The van der Waals surface area contributed by atoms with Crippen molar-refractivity contribution in [1.82, 2.24) is 0 Å². The van der Waals surface area contributed by atoms with Crippen molar-refractivity contribution in [3.8, 4) is 22.6 Å². The van der Waals surface area contributed by atoms with Crippen LogP contribution in [0.5, 0.6) is 0 Å². The second-order valence-electron chi connectivity index (χ2n) is 5.22. The molecule has 5 heteroatoms. The number of rotatable bonds is 2. The molecule has 0 aliphatic rings. The molecule has 3 rings (SSSR count). The van der Waals surface area contributed by atoms with E-state index in [9.17, 15) is 13.2 Å². The summed E-state index contributed by atoms with van der Waals surface area (Å²) in [5, 5.41) is 0.509. The van der Waals surface area contributed by atoms with E-state index < -0.39 is 11.7 Å². The lowest BCUT2D eigenvalue weighted by Gasteiger charge is -2.06. The number of halogens is 4. The van der Waals surface area contributed by atoms with Gasteiger partial charge in [0, 0.05) is 16.1 Å². The van der Waals surface area contributed by atoms with E-state index in [1.807, 2.05) is 6.92 Å². The highest BCUT2D eigenvalue weighted by Crippen LogP contribution is 2.42. The molecule has 0 saturated carbocycles. The normalized spacial score (nSPS) is 11.7. The molecule has 0 bridgehead atoms. The van der Waals surface area contributed by atoms with E-state index >= 15 is 0 Å². The summed E-state index contributed by atoms with van der Waals surface area (Å²) in [4.78, 5) is 0. The van der Waals surface area contributed by atoms with Gasteiger partial charge in [-0.15, -0.1) is 0 Å². The molecule has 1 nitrogen and oxygen atoms in total. The Balaban J connectivity index is 2.14. The molecule has 0 spiro atoms. The van der Waals surface area contributed by atoms with Crippen molar-refractivity contribution in [2.45, 2.75) is 13.1 Å². The fraction of sp³-hybridized carbons (Fsp3) is 0.111. The van der Waals surface area contributed by atoms with E-state index in [-0.39, 0.29) is 11.5 Å². The molecule has 0 amide bonds. The van der Waals surface area contributed by atoms with Crippen LogP contribution in [0.15, 0.2) is 59.0 Å². The quantitative estimate of drug-likeness (QED) is 0.514. The van der Waals surface area contributed by atoms with E-state index in [2.05, 4.69) is 0 Å². The summed E-state index contributed by atoms with van der Waals surface area (Å²) >= 11 is 5.81. The van der Waals surface area contributed by atoms with Gasteiger partial charge in [0.05, 0.1) is 0 Å². The Morgan fingerprint density at radius 1 is 0.870 bits per heavy atom. The SMILES string of the molecule is Cc1ccc(-c2oc(-c3ccc(Cl)cc3)cc2C(F)(F)F)cc1. The molecular formula is C18H12ClF3O. The number of benzene rings is 2. The van der Waals surface area contributed by atoms with Crippen molar-refractivity contribution < 1.29 is 17.6 Å². The number of hydrogen-bond donors (Lipinski definition) is 0. The Hall–Kier alpha value is -2.20. The van der Waals surface area contributed by atoms with Crippen LogP contribution in [0.1, 0.15) is 11.1 Å². The van der Waals surface area contributed by atoms with Crippen LogP contribution in [0.3, 0.4) is 0 Å². The first-order chi connectivity index (χ1) is 10.8. The van der Waals surface area contributed by atoms with Crippen LogP contribution in [0.2, 0.25) is 5.02 Å². The average Bonchev–Trinajstić information content (AvgIpc) is 2.94. The van der Waals surface area contributed by atoms with Gasteiger partial charge in [0.1, 0.15) is 17.1 Å². The van der Waals surface area contributed by atoms with E-state index in [0.717, 1.165) is 11.6 Å². The third-order valence-corrected chi connectivity index (χ3v) is 3.73. The summed E-state index contributed by atoms with van der Waals surface area (Å²) in [5.41, 5.74) is 1.11. The highest BCUT2D eigenvalue weighted by Gasteiger charge is 2.37. The lowest BCUT2D eigenvalue weighted by Crippen LogP contribution is -2.04. The summed E-state index contributed by atoms with van der Waals surface area (Å²) in [6.07, 6.45) is -4.49. The molecule has 0 N–H and O–H groups in total. The third-order valence-electron chi connectivity index (χ3n) is 3.48. The number of aryl methyl sites for hydroxylation is 1. The molecule has 0 aliphatic carbocycles. The van der Waals surface area contributed by atoms with Gasteiger partial charge in [-0.1, -0.05) is 41.4 Å². The minimum absolute atomic E-state index is 0.157. The Morgan fingerprint density at radius 2 is 1.43 bits per heavy atom. The molecule has 2 aromatic carbocycles. The van der Waals surface area contributed by atoms with Crippen LogP contribution in [0.4, 0.5) is 13.2 Å². The lowest BCUT2D eigenvalue weighted by atomic mass is 10.1. The van der Waals surface area contributed by atoms with Gasteiger partial charge < -0.3 is 4.42 Å². The number of alkyl halides is 3. The molecule has 0 radical (unpaired) electrons. The number of furan rings is 1. The second-order valence-corrected chi connectivity index (χ2v) is 5.66. The fourth-order valence-electron chi connectivity index (χ4n) is 2.28. The van der Waals surface area contributed by atoms with Crippen molar-refractivity contribution in [3.05, 3.63) is 70.7 Å². The minimum atomic E-state index is -4.49. The van der Waals surface area contributed by atoms with Crippen molar-refractivity contribution in [2.24, 2.45) is 0 Å². The predicted octanol–water partition coefficient (Wildman–Crippen LogP) is 6.59. The Labute approximate surface area is 136 Å².